The lowest BCUT2D eigenvalue weighted by molar-refractivity contribution is -0.0925. The number of hydrogen-bond acceptors (Lipinski definition) is 8. The summed E-state index contributed by atoms with van der Waals surface area (Å²) in [5.41, 5.74) is 5.70. The number of aliphatic imine (C=N–C) groups is 1. The van der Waals surface area contributed by atoms with Crippen LogP contribution in [0.3, 0.4) is 0 Å². The molecule has 0 bridgehead atoms. The molecule has 7 nitrogen and oxygen atoms in total. The van der Waals surface area contributed by atoms with E-state index >= 15 is 0 Å². The molecular weight excluding hydrogens is 551 g/mol. The van der Waals surface area contributed by atoms with Gasteiger partial charge in [-0.3, -0.25) is 4.90 Å². The normalized spacial score (nSPS) is 15.9. The minimum absolute atomic E-state index is 0.00423. The average molecular weight is 580 g/mol. The van der Waals surface area contributed by atoms with Crippen molar-refractivity contribution in [2.45, 2.75) is 11.1 Å². The highest BCUT2D eigenvalue weighted by Gasteiger charge is 2.32. The van der Waals surface area contributed by atoms with Crippen LogP contribution < -0.4 is 10.5 Å². The number of nitrogens with zero attached hydrogens (tertiary/aromatic N) is 2. The smallest absolute Gasteiger partial charge is 0.430 e. The van der Waals surface area contributed by atoms with E-state index in [2.05, 4.69) is 9.89 Å². The summed E-state index contributed by atoms with van der Waals surface area (Å²) in [6, 6.07) is 14.9. The predicted molar refractivity (Wildman–Crippen MR) is 147 cm³/mol. The van der Waals surface area contributed by atoms with Crippen molar-refractivity contribution in [3.8, 4) is 16.9 Å². The summed E-state index contributed by atoms with van der Waals surface area (Å²) in [7, 11) is -3.43. The minimum Gasteiger partial charge on any atom is -0.490 e. The van der Waals surface area contributed by atoms with Crippen molar-refractivity contribution in [3.63, 3.8) is 0 Å². The molecule has 2 aromatic carbocycles. The molecule has 208 valence electrons. The molecule has 1 fully saturated rings. The Bertz CT molecular complexity index is 1460. The third kappa shape index (κ3) is 7.91. The zero-order chi connectivity index (χ0) is 28.0. The lowest BCUT2D eigenvalue weighted by Gasteiger charge is -2.26. The van der Waals surface area contributed by atoms with Gasteiger partial charge in [-0.05, 0) is 52.9 Å². The first kappa shape index (κ1) is 28.8. The standard InChI is InChI=1S/C27H28F3N3O4S2/c1-39(34,35)21-6-4-5-19(15-21)20-16-25(38-18-20)23(17-26(31)27(28,29)30)32-22-7-2-3-8-24(22)37-14-11-33-9-12-36-13-10-33/h2-8,15-18H,9-14,31H2,1H3/b26-17-,32-23?. The van der Waals surface area contributed by atoms with Crippen LogP contribution in [0.25, 0.3) is 11.1 Å². The first-order chi connectivity index (χ1) is 18.5. The molecular formula is C27H28F3N3O4S2. The number of halogens is 3. The zero-order valence-electron chi connectivity index (χ0n) is 21.1. The van der Waals surface area contributed by atoms with Crippen LogP contribution in [0.2, 0.25) is 0 Å². The van der Waals surface area contributed by atoms with Crippen LogP contribution in [0.1, 0.15) is 4.88 Å². The average Bonchev–Trinajstić information content (AvgIpc) is 3.39. The number of ether oxygens (including phenoxy) is 2. The Morgan fingerprint density at radius 1 is 1.13 bits per heavy atom. The number of para-hydroxylation sites is 2. The topological polar surface area (TPSA) is 94.2 Å². The Morgan fingerprint density at radius 3 is 2.59 bits per heavy atom. The van der Waals surface area contributed by atoms with E-state index in [4.69, 9.17) is 15.2 Å². The number of rotatable bonds is 9. The second kappa shape index (κ2) is 12.3. The highest BCUT2D eigenvalue weighted by molar-refractivity contribution is 7.90. The van der Waals surface area contributed by atoms with Crippen molar-refractivity contribution in [2.75, 3.05) is 45.7 Å². The first-order valence-corrected chi connectivity index (χ1v) is 14.8. The van der Waals surface area contributed by atoms with E-state index in [9.17, 15) is 21.6 Å². The number of nitrogens with two attached hydrogens (primary N) is 1. The summed E-state index contributed by atoms with van der Waals surface area (Å²) in [4.78, 5) is 7.30. The molecule has 1 saturated heterocycles. The maximum absolute atomic E-state index is 13.4. The molecule has 0 unspecified atom stereocenters. The quantitative estimate of drug-likeness (QED) is 0.357. The summed E-state index contributed by atoms with van der Waals surface area (Å²) in [6.45, 7) is 4.00. The zero-order valence-corrected chi connectivity index (χ0v) is 22.8. The molecule has 0 spiro atoms. The lowest BCUT2D eigenvalue weighted by atomic mass is 10.1. The van der Waals surface area contributed by atoms with E-state index in [1.54, 1.807) is 47.8 Å². The molecule has 39 heavy (non-hydrogen) atoms. The van der Waals surface area contributed by atoms with E-state index in [0.29, 0.717) is 53.8 Å². The van der Waals surface area contributed by atoms with Crippen molar-refractivity contribution >= 4 is 32.6 Å². The first-order valence-electron chi connectivity index (χ1n) is 12.0. The maximum Gasteiger partial charge on any atom is 0.430 e. The summed E-state index contributed by atoms with van der Waals surface area (Å²) < 4.78 is 75.4. The third-order valence-corrected chi connectivity index (χ3v) is 8.00. The number of allylic oxidation sites excluding steroid dienone is 2. The van der Waals surface area contributed by atoms with E-state index < -0.39 is 21.7 Å². The van der Waals surface area contributed by atoms with Gasteiger partial charge in [0, 0.05) is 25.9 Å². The fourth-order valence-electron chi connectivity index (χ4n) is 3.83. The van der Waals surface area contributed by atoms with Crippen LogP contribution in [-0.4, -0.2) is 70.9 Å². The predicted octanol–water partition coefficient (Wildman–Crippen LogP) is 5.06. The van der Waals surface area contributed by atoms with Crippen molar-refractivity contribution in [2.24, 2.45) is 10.7 Å². The Hall–Kier alpha value is -3.19. The van der Waals surface area contributed by atoms with Crippen molar-refractivity contribution in [3.05, 3.63) is 76.6 Å². The van der Waals surface area contributed by atoms with Gasteiger partial charge in [0.05, 0.1) is 28.7 Å². The largest absolute Gasteiger partial charge is 0.490 e. The third-order valence-electron chi connectivity index (χ3n) is 5.94. The molecule has 1 aliphatic rings. The van der Waals surface area contributed by atoms with Gasteiger partial charge in [-0.2, -0.15) is 13.2 Å². The van der Waals surface area contributed by atoms with Gasteiger partial charge in [-0.15, -0.1) is 11.3 Å². The molecule has 0 aliphatic carbocycles. The summed E-state index contributed by atoms with van der Waals surface area (Å²) in [5, 5.41) is 1.73. The summed E-state index contributed by atoms with van der Waals surface area (Å²) in [6.07, 6.45) is -2.83. The second-order valence-corrected chi connectivity index (χ2v) is 11.8. The monoisotopic (exact) mass is 579 g/mol. The van der Waals surface area contributed by atoms with Gasteiger partial charge < -0.3 is 15.2 Å². The maximum atomic E-state index is 13.4. The Balaban J connectivity index is 1.66. The van der Waals surface area contributed by atoms with Crippen LogP contribution in [-0.2, 0) is 14.6 Å². The van der Waals surface area contributed by atoms with Gasteiger partial charge in [-0.1, -0.05) is 24.3 Å². The summed E-state index contributed by atoms with van der Waals surface area (Å²) in [5.74, 6) is 0.430. The SMILES string of the molecule is CS(=O)(=O)c1cccc(-c2csc(C(/C=C(\N)C(F)(F)F)=Nc3ccccc3OCCN3CCOCC3)c2)c1. The van der Waals surface area contributed by atoms with E-state index in [1.807, 2.05) is 0 Å². The molecule has 1 aromatic heterocycles. The van der Waals surface area contributed by atoms with E-state index in [-0.39, 0.29) is 10.6 Å². The molecule has 0 saturated carbocycles. The number of hydrogen-bond donors (Lipinski definition) is 1. The Morgan fingerprint density at radius 2 is 1.87 bits per heavy atom. The number of benzene rings is 2. The molecule has 1 aliphatic heterocycles. The molecule has 2 heterocycles. The molecule has 3 aromatic rings. The number of thiophene rings is 1. The summed E-state index contributed by atoms with van der Waals surface area (Å²) >= 11 is 1.17. The van der Waals surface area contributed by atoms with Gasteiger partial charge >= 0.3 is 6.18 Å². The van der Waals surface area contributed by atoms with Gasteiger partial charge in [0.1, 0.15) is 23.7 Å². The van der Waals surface area contributed by atoms with Crippen LogP contribution in [0.5, 0.6) is 5.75 Å². The van der Waals surface area contributed by atoms with Crippen LogP contribution in [0.4, 0.5) is 18.9 Å². The van der Waals surface area contributed by atoms with Gasteiger partial charge in [0.25, 0.3) is 0 Å². The Kier molecular flexibility index (Phi) is 9.11. The fourth-order valence-corrected chi connectivity index (χ4v) is 5.37. The highest BCUT2D eigenvalue weighted by atomic mass is 32.2. The molecule has 12 heteroatoms. The van der Waals surface area contributed by atoms with E-state index in [1.165, 1.54) is 23.5 Å². The minimum atomic E-state index is -4.74. The second-order valence-electron chi connectivity index (χ2n) is 8.86. The lowest BCUT2D eigenvalue weighted by Crippen LogP contribution is -2.38. The Labute approximate surface area is 229 Å². The molecule has 0 radical (unpaired) electrons. The molecule has 0 atom stereocenters. The number of alkyl halides is 3. The van der Waals surface area contributed by atoms with Gasteiger partial charge in [0.15, 0.2) is 9.84 Å². The van der Waals surface area contributed by atoms with Crippen molar-refractivity contribution in [1.29, 1.82) is 0 Å². The van der Waals surface area contributed by atoms with Crippen LogP contribution in [0.15, 0.2) is 81.6 Å². The molecule has 0 amide bonds. The fraction of sp³-hybridized carbons (Fsp3) is 0.296. The van der Waals surface area contributed by atoms with Crippen molar-refractivity contribution < 1.29 is 31.1 Å². The van der Waals surface area contributed by atoms with Crippen molar-refractivity contribution in [1.82, 2.24) is 4.90 Å². The van der Waals surface area contributed by atoms with Gasteiger partial charge in [0.2, 0.25) is 0 Å². The highest BCUT2D eigenvalue weighted by Crippen LogP contribution is 2.32. The molecule has 2 N–H and O–H groups in total. The molecule has 4 rings (SSSR count). The van der Waals surface area contributed by atoms with Gasteiger partial charge in [-0.25, -0.2) is 13.4 Å². The number of sulfone groups is 1. The van der Waals surface area contributed by atoms with Crippen LogP contribution in [0, 0.1) is 0 Å². The number of morpholine rings is 1. The van der Waals surface area contributed by atoms with E-state index in [0.717, 1.165) is 25.4 Å². The van der Waals surface area contributed by atoms with Crippen LogP contribution >= 0.6 is 11.3 Å².